The highest BCUT2D eigenvalue weighted by atomic mass is 127. The first kappa shape index (κ1) is 24.0. The molecule has 3 rings (SSSR count). The third-order valence-corrected chi connectivity index (χ3v) is 4.44. The summed E-state index contributed by atoms with van der Waals surface area (Å²) < 4.78 is 5.65. The van der Waals surface area contributed by atoms with E-state index in [4.69, 9.17) is 4.74 Å². The molecule has 0 spiro atoms. The summed E-state index contributed by atoms with van der Waals surface area (Å²) in [7, 11) is 0. The monoisotopic (exact) mass is 522 g/mol. The van der Waals surface area contributed by atoms with Crippen LogP contribution in [0.3, 0.4) is 0 Å². The number of ether oxygens (including phenoxy) is 1. The summed E-state index contributed by atoms with van der Waals surface area (Å²) in [6, 6.07) is 17.8. The zero-order valence-electron chi connectivity index (χ0n) is 17.7. The summed E-state index contributed by atoms with van der Waals surface area (Å²) in [5, 5.41) is 18.1. The highest BCUT2D eigenvalue weighted by Crippen LogP contribution is 2.18. The Balaban J connectivity index is 0.00000320. The second kappa shape index (κ2) is 11.8. The topological polar surface area (TPSA) is 81.7 Å². The van der Waals surface area contributed by atoms with Crippen molar-refractivity contribution in [2.45, 2.75) is 39.5 Å². The van der Waals surface area contributed by atoms with Gasteiger partial charge in [0.1, 0.15) is 5.75 Å². The van der Waals surface area contributed by atoms with E-state index in [-0.39, 0.29) is 30.1 Å². The van der Waals surface area contributed by atoms with Gasteiger partial charge in [-0.3, -0.25) is 0 Å². The largest absolute Gasteiger partial charge is 0.491 e. The van der Waals surface area contributed by atoms with Gasteiger partial charge in [-0.05, 0) is 56.0 Å². The normalized spacial score (nSPS) is 12.5. The fraction of sp³-hybridized carbons (Fsp3) is 0.348. The van der Waals surface area contributed by atoms with Crippen LogP contribution in [-0.2, 0) is 6.54 Å². The first-order valence-corrected chi connectivity index (χ1v) is 10.1. The maximum atomic E-state index is 10.5. The number of aliphatic hydroxyl groups excluding tert-OH is 1. The molecule has 0 fully saturated rings. The molecule has 1 atom stereocenters. The van der Waals surface area contributed by atoms with Crippen LogP contribution < -0.4 is 15.4 Å². The number of H-pyrrole nitrogens is 1. The zero-order chi connectivity index (χ0) is 20.6. The number of nitrogens with zero attached hydrogens (tertiary/aromatic N) is 1. The van der Waals surface area contributed by atoms with Crippen LogP contribution >= 0.6 is 24.0 Å². The molecule has 0 bridgehead atoms. The smallest absolute Gasteiger partial charge is 0.191 e. The van der Waals surface area contributed by atoms with Gasteiger partial charge in [0.15, 0.2) is 5.96 Å². The van der Waals surface area contributed by atoms with E-state index >= 15 is 0 Å². The molecule has 4 N–H and O–H groups in total. The molecule has 0 aliphatic heterocycles. The third-order valence-electron chi connectivity index (χ3n) is 4.44. The number of aromatic nitrogens is 1. The van der Waals surface area contributed by atoms with E-state index in [1.54, 1.807) is 0 Å². The van der Waals surface area contributed by atoms with Crippen molar-refractivity contribution < 1.29 is 9.84 Å². The lowest BCUT2D eigenvalue weighted by molar-refractivity contribution is 0.180. The van der Waals surface area contributed by atoms with E-state index < -0.39 is 6.10 Å². The quantitative estimate of drug-likeness (QED) is 0.201. The van der Waals surface area contributed by atoms with Crippen LogP contribution in [0.2, 0.25) is 0 Å². The van der Waals surface area contributed by atoms with Crippen molar-refractivity contribution in [2.24, 2.45) is 4.99 Å². The Morgan fingerprint density at radius 2 is 1.83 bits per heavy atom. The van der Waals surface area contributed by atoms with Gasteiger partial charge in [0, 0.05) is 24.3 Å². The summed E-state index contributed by atoms with van der Waals surface area (Å²) in [5.41, 5.74) is 2.99. The number of para-hydroxylation sites is 1. The van der Waals surface area contributed by atoms with E-state index in [9.17, 15) is 5.11 Å². The summed E-state index contributed by atoms with van der Waals surface area (Å²) >= 11 is 0. The number of benzene rings is 2. The van der Waals surface area contributed by atoms with Gasteiger partial charge in [0.25, 0.3) is 0 Å². The lowest BCUT2D eigenvalue weighted by Gasteiger charge is -2.16. The summed E-state index contributed by atoms with van der Waals surface area (Å²) in [6.45, 7) is 7.64. The molecule has 7 heteroatoms. The highest BCUT2D eigenvalue weighted by Gasteiger charge is 2.09. The average molecular weight is 522 g/mol. The van der Waals surface area contributed by atoms with Gasteiger partial charge >= 0.3 is 0 Å². The van der Waals surface area contributed by atoms with E-state index in [0.717, 1.165) is 29.1 Å². The van der Waals surface area contributed by atoms with E-state index in [1.807, 2.05) is 57.2 Å². The minimum absolute atomic E-state index is 0. The molecule has 6 nitrogen and oxygen atoms in total. The van der Waals surface area contributed by atoms with Gasteiger partial charge in [0.05, 0.1) is 18.8 Å². The molecule has 1 heterocycles. The molecule has 162 valence electrons. The van der Waals surface area contributed by atoms with Crippen molar-refractivity contribution in [1.82, 2.24) is 15.6 Å². The van der Waals surface area contributed by atoms with Gasteiger partial charge in [0.2, 0.25) is 0 Å². The molecule has 2 aromatic carbocycles. The second-order valence-electron chi connectivity index (χ2n) is 7.21. The van der Waals surface area contributed by atoms with Crippen LogP contribution in [0.15, 0.2) is 59.6 Å². The fourth-order valence-corrected chi connectivity index (χ4v) is 3.08. The standard InChI is InChI=1S/C23H30N4O2.HI/c1-4-24-23(25-14-19-13-18-7-5-6-8-21(18)27-19)26-15-22(28)17-9-11-20(12-10-17)29-16(2)3;/h5-13,16,22,27-28H,4,14-15H2,1-3H3,(H2,24,25,26);1H. The Hall–Kier alpha value is -2.26. The molecular weight excluding hydrogens is 491 g/mol. The molecule has 0 aliphatic carbocycles. The van der Waals surface area contributed by atoms with E-state index in [0.29, 0.717) is 19.0 Å². The van der Waals surface area contributed by atoms with Crippen LogP contribution in [0.25, 0.3) is 10.9 Å². The minimum atomic E-state index is -0.639. The predicted octanol–water partition coefficient (Wildman–Crippen LogP) is 4.36. The van der Waals surface area contributed by atoms with Crippen molar-refractivity contribution in [3.63, 3.8) is 0 Å². The Kier molecular flexibility index (Phi) is 9.45. The number of aliphatic imine (C=N–C) groups is 1. The van der Waals surface area contributed by atoms with Crippen molar-refractivity contribution in [1.29, 1.82) is 0 Å². The van der Waals surface area contributed by atoms with Gasteiger partial charge in [-0.2, -0.15) is 0 Å². The Bertz CT molecular complexity index is 905. The maximum Gasteiger partial charge on any atom is 0.191 e. The van der Waals surface area contributed by atoms with Crippen molar-refractivity contribution in [3.05, 3.63) is 65.9 Å². The molecule has 0 saturated heterocycles. The highest BCUT2D eigenvalue weighted by molar-refractivity contribution is 14.0. The number of hydrogen-bond donors (Lipinski definition) is 4. The van der Waals surface area contributed by atoms with Gasteiger partial charge < -0.3 is 25.5 Å². The number of aromatic amines is 1. The Morgan fingerprint density at radius 3 is 2.50 bits per heavy atom. The van der Waals surface area contributed by atoms with Gasteiger partial charge in [-0.25, -0.2) is 4.99 Å². The first-order chi connectivity index (χ1) is 14.0. The van der Waals surface area contributed by atoms with Crippen LogP contribution in [-0.4, -0.2) is 35.2 Å². The number of halogens is 1. The molecule has 1 aromatic heterocycles. The lowest BCUT2D eigenvalue weighted by Crippen LogP contribution is -2.39. The van der Waals surface area contributed by atoms with E-state index in [2.05, 4.69) is 38.8 Å². The Morgan fingerprint density at radius 1 is 1.10 bits per heavy atom. The molecule has 3 aromatic rings. The van der Waals surface area contributed by atoms with Crippen molar-refractivity contribution >= 4 is 40.8 Å². The van der Waals surface area contributed by atoms with Crippen LogP contribution in [0.5, 0.6) is 5.75 Å². The van der Waals surface area contributed by atoms with Crippen LogP contribution in [0.4, 0.5) is 0 Å². The van der Waals surface area contributed by atoms with Crippen LogP contribution in [0.1, 0.15) is 38.1 Å². The van der Waals surface area contributed by atoms with Crippen molar-refractivity contribution in [2.75, 3.05) is 13.1 Å². The molecule has 30 heavy (non-hydrogen) atoms. The Labute approximate surface area is 195 Å². The fourth-order valence-electron chi connectivity index (χ4n) is 3.08. The summed E-state index contributed by atoms with van der Waals surface area (Å²) in [6.07, 6.45) is -0.511. The molecule has 0 amide bonds. The first-order valence-electron chi connectivity index (χ1n) is 10.1. The number of nitrogens with one attached hydrogen (secondary N) is 3. The number of fused-ring (bicyclic) bond motifs is 1. The lowest BCUT2D eigenvalue weighted by atomic mass is 10.1. The minimum Gasteiger partial charge on any atom is -0.491 e. The van der Waals surface area contributed by atoms with Gasteiger partial charge in [-0.1, -0.05) is 30.3 Å². The summed E-state index contributed by atoms with van der Waals surface area (Å²) in [4.78, 5) is 8.00. The van der Waals surface area contributed by atoms with E-state index in [1.165, 1.54) is 5.39 Å². The third kappa shape index (κ3) is 6.91. The maximum absolute atomic E-state index is 10.5. The molecule has 0 saturated carbocycles. The molecule has 1 unspecified atom stereocenters. The SMILES string of the molecule is CCNC(=NCc1cc2ccccc2[nH]1)NCC(O)c1ccc(OC(C)C)cc1.I. The van der Waals surface area contributed by atoms with Gasteiger partial charge in [-0.15, -0.1) is 24.0 Å². The molecule has 0 aliphatic rings. The number of rotatable bonds is 8. The number of aliphatic hydroxyl groups is 1. The molecular formula is C23H31IN4O2. The predicted molar refractivity (Wildman–Crippen MR) is 134 cm³/mol. The summed E-state index contributed by atoms with van der Waals surface area (Å²) in [5.74, 6) is 1.47. The zero-order valence-corrected chi connectivity index (χ0v) is 20.0. The molecule has 0 radical (unpaired) electrons. The second-order valence-corrected chi connectivity index (χ2v) is 7.21. The number of hydrogen-bond acceptors (Lipinski definition) is 3. The van der Waals surface area contributed by atoms with Crippen LogP contribution in [0, 0.1) is 0 Å². The number of guanidine groups is 1. The van der Waals surface area contributed by atoms with Crippen molar-refractivity contribution in [3.8, 4) is 5.75 Å². The average Bonchev–Trinajstić information content (AvgIpc) is 3.13.